The number of nitrogens with zero attached hydrogens (tertiary/aromatic N) is 1. The molecule has 0 spiro atoms. The van der Waals surface area contributed by atoms with Gasteiger partial charge in [0, 0.05) is 5.56 Å². The van der Waals surface area contributed by atoms with Crippen molar-refractivity contribution in [3.8, 4) is 5.75 Å². The largest absolute Gasteiger partial charge is 0.476 e. The quantitative estimate of drug-likeness (QED) is 0.634. The maximum atomic E-state index is 13.1. The zero-order valence-corrected chi connectivity index (χ0v) is 15.7. The van der Waals surface area contributed by atoms with E-state index < -0.39 is 5.60 Å². The van der Waals surface area contributed by atoms with E-state index in [-0.39, 0.29) is 11.7 Å². The topological polar surface area (TPSA) is 46.6 Å². The van der Waals surface area contributed by atoms with Crippen LogP contribution in [0, 0.1) is 0 Å². The van der Waals surface area contributed by atoms with E-state index in [4.69, 9.17) is 4.74 Å². The van der Waals surface area contributed by atoms with Gasteiger partial charge in [0.25, 0.3) is 5.91 Å². The zero-order chi connectivity index (χ0) is 19.2. The van der Waals surface area contributed by atoms with E-state index in [1.54, 1.807) is 36.9 Å². The molecule has 136 valence electrons. The van der Waals surface area contributed by atoms with E-state index in [9.17, 15) is 9.59 Å². The number of Topliss-reactive ketones (excluding diaryl/α,β-unsaturated/α-hetero) is 1. The number of benzene rings is 3. The summed E-state index contributed by atoms with van der Waals surface area (Å²) in [5.41, 5.74) is 1.29. The number of ether oxygens (including phenoxy) is 1. The van der Waals surface area contributed by atoms with Gasteiger partial charge in [-0.2, -0.15) is 0 Å². The number of carbonyl (C=O) groups excluding carboxylic acids is 2. The van der Waals surface area contributed by atoms with Gasteiger partial charge in [0.15, 0.2) is 11.4 Å². The van der Waals surface area contributed by atoms with Crippen LogP contribution in [0.15, 0.2) is 60.7 Å². The summed E-state index contributed by atoms with van der Waals surface area (Å²) in [6, 6.07) is 19.5. The highest BCUT2D eigenvalue weighted by Gasteiger charge is 2.41. The van der Waals surface area contributed by atoms with Crippen LogP contribution in [0.5, 0.6) is 5.75 Å². The fourth-order valence-electron chi connectivity index (χ4n) is 3.54. The number of amides is 1. The number of hydrogen-bond acceptors (Lipinski definition) is 3. The van der Waals surface area contributed by atoms with Crippen molar-refractivity contribution in [2.45, 2.75) is 32.9 Å². The van der Waals surface area contributed by atoms with E-state index >= 15 is 0 Å². The van der Waals surface area contributed by atoms with E-state index in [1.807, 2.05) is 24.3 Å². The summed E-state index contributed by atoms with van der Waals surface area (Å²) in [6.45, 7) is 5.48. The summed E-state index contributed by atoms with van der Waals surface area (Å²) in [5, 5.41) is 2.24. The number of anilines is 1. The molecule has 3 aromatic carbocycles. The van der Waals surface area contributed by atoms with Crippen molar-refractivity contribution in [2.24, 2.45) is 0 Å². The lowest BCUT2D eigenvalue weighted by Crippen LogP contribution is -2.52. The Morgan fingerprint density at radius 2 is 1.78 bits per heavy atom. The molecule has 27 heavy (non-hydrogen) atoms. The van der Waals surface area contributed by atoms with Gasteiger partial charge in [0.05, 0.1) is 12.2 Å². The molecule has 1 amide bonds. The third-order valence-electron chi connectivity index (χ3n) is 4.99. The molecule has 1 aliphatic heterocycles. The van der Waals surface area contributed by atoms with Gasteiger partial charge in [-0.1, -0.05) is 42.5 Å². The van der Waals surface area contributed by atoms with Crippen LogP contribution >= 0.6 is 0 Å². The third-order valence-corrected chi connectivity index (χ3v) is 4.99. The van der Waals surface area contributed by atoms with Crippen LogP contribution in [0.25, 0.3) is 10.8 Å². The summed E-state index contributed by atoms with van der Waals surface area (Å²) in [4.78, 5) is 26.7. The maximum Gasteiger partial charge on any atom is 0.271 e. The first-order chi connectivity index (χ1) is 12.9. The van der Waals surface area contributed by atoms with Crippen LogP contribution < -0.4 is 9.64 Å². The summed E-state index contributed by atoms with van der Waals surface area (Å²) >= 11 is 0. The van der Waals surface area contributed by atoms with E-state index in [0.29, 0.717) is 23.5 Å². The second-order valence-corrected chi connectivity index (χ2v) is 7.38. The average Bonchev–Trinajstić information content (AvgIpc) is 2.65. The Morgan fingerprint density at radius 3 is 2.56 bits per heavy atom. The third kappa shape index (κ3) is 2.97. The average molecular weight is 359 g/mol. The highest BCUT2D eigenvalue weighted by atomic mass is 16.5. The molecule has 0 saturated heterocycles. The highest BCUT2D eigenvalue weighted by molar-refractivity contribution is 6.04. The van der Waals surface area contributed by atoms with E-state index in [1.165, 1.54) is 6.92 Å². The Kier molecular flexibility index (Phi) is 3.99. The number of ketones is 1. The van der Waals surface area contributed by atoms with E-state index in [2.05, 4.69) is 18.2 Å². The minimum atomic E-state index is -0.963. The molecule has 0 aliphatic carbocycles. The highest BCUT2D eigenvalue weighted by Crippen LogP contribution is 2.39. The fraction of sp³-hybridized carbons (Fsp3) is 0.217. The molecule has 1 heterocycles. The minimum Gasteiger partial charge on any atom is -0.476 e. The molecule has 0 N–H and O–H groups in total. The van der Waals surface area contributed by atoms with Crippen molar-refractivity contribution in [2.75, 3.05) is 4.90 Å². The molecule has 0 saturated carbocycles. The molecular weight excluding hydrogens is 338 g/mol. The molecule has 4 rings (SSSR count). The molecular formula is C23H21NO3. The summed E-state index contributed by atoms with van der Waals surface area (Å²) in [6.07, 6.45) is 0. The maximum absolute atomic E-state index is 13.1. The number of rotatable bonds is 3. The number of carbonyl (C=O) groups is 2. The van der Waals surface area contributed by atoms with Crippen LogP contribution in [0.1, 0.15) is 36.7 Å². The molecule has 4 nitrogen and oxygen atoms in total. The van der Waals surface area contributed by atoms with Gasteiger partial charge in [0.2, 0.25) is 0 Å². The Balaban J connectivity index is 1.84. The van der Waals surface area contributed by atoms with Gasteiger partial charge in [-0.25, -0.2) is 0 Å². The summed E-state index contributed by atoms with van der Waals surface area (Å²) in [5.74, 6) is 0.452. The van der Waals surface area contributed by atoms with Crippen molar-refractivity contribution in [3.05, 3.63) is 71.8 Å². The predicted molar refractivity (Wildman–Crippen MR) is 106 cm³/mol. The van der Waals surface area contributed by atoms with Crippen molar-refractivity contribution in [1.82, 2.24) is 0 Å². The van der Waals surface area contributed by atoms with Crippen LogP contribution in [-0.4, -0.2) is 17.3 Å². The number of hydrogen-bond donors (Lipinski definition) is 0. The van der Waals surface area contributed by atoms with Gasteiger partial charge in [-0.15, -0.1) is 0 Å². The van der Waals surface area contributed by atoms with Crippen molar-refractivity contribution in [3.63, 3.8) is 0 Å². The molecule has 0 atom stereocenters. The van der Waals surface area contributed by atoms with Crippen LogP contribution in [0.3, 0.4) is 0 Å². The van der Waals surface area contributed by atoms with Gasteiger partial charge in [-0.3, -0.25) is 9.59 Å². The van der Waals surface area contributed by atoms with Crippen molar-refractivity contribution >= 4 is 28.2 Å². The van der Waals surface area contributed by atoms with Crippen molar-refractivity contribution in [1.29, 1.82) is 0 Å². The second kappa shape index (κ2) is 6.23. The molecule has 0 bridgehead atoms. The Morgan fingerprint density at radius 1 is 1.04 bits per heavy atom. The molecule has 1 aliphatic rings. The summed E-state index contributed by atoms with van der Waals surface area (Å²) in [7, 11) is 0. The molecule has 0 radical (unpaired) electrons. The van der Waals surface area contributed by atoms with Crippen LogP contribution in [0.2, 0.25) is 0 Å². The monoisotopic (exact) mass is 359 g/mol. The standard InChI is InChI=1S/C23H21NO3/c1-15(25)17-11-12-21-20(13-17)24(22(26)23(2,3)27-21)14-18-9-6-8-16-7-4-5-10-19(16)18/h4-13H,14H2,1-3H3. The van der Waals surface area contributed by atoms with Gasteiger partial charge in [-0.05, 0) is 55.3 Å². The molecule has 0 fully saturated rings. The fourth-order valence-corrected chi connectivity index (χ4v) is 3.54. The van der Waals surface area contributed by atoms with Crippen LogP contribution in [-0.2, 0) is 11.3 Å². The predicted octanol–water partition coefficient (Wildman–Crippen LogP) is 4.75. The smallest absolute Gasteiger partial charge is 0.271 e. The Labute approximate surface area is 158 Å². The lowest BCUT2D eigenvalue weighted by molar-refractivity contribution is -0.132. The lowest BCUT2D eigenvalue weighted by Gasteiger charge is -2.39. The molecule has 0 unspecified atom stereocenters. The van der Waals surface area contributed by atoms with E-state index in [0.717, 1.165) is 16.3 Å². The Bertz CT molecular complexity index is 1060. The van der Waals surface area contributed by atoms with Crippen LogP contribution in [0.4, 0.5) is 5.69 Å². The Hall–Kier alpha value is -3.14. The first kappa shape index (κ1) is 17.3. The summed E-state index contributed by atoms with van der Waals surface area (Å²) < 4.78 is 5.92. The van der Waals surface area contributed by atoms with Gasteiger partial charge >= 0.3 is 0 Å². The second-order valence-electron chi connectivity index (χ2n) is 7.38. The first-order valence-electron chi connectivity index (χ1n) is 8.99. The zero-order valence-electron chi connectivity index (χ0n) is 15.7. The van der Waals surface area contributed by atoms with Crippen molar-refractivity contribution < 1.29 is 14.3 Å². The molecule has 4 heteroatoms. The van der Waals surface area contributed by atoms with Gasteiger partial charge < -0.3 is 9.64 Å². The molecule has 3 aromatic rings. The first-order valence-corrected chi connectivity index (χ1v) is 8.99. The lowest BCUT2D eigenvalue weighted by atomic mass is 9.99. The normalized spacial score (nSPS) is 15.4. The minimum absolute atomic E-state index is 0.0415. The molecule has 0 aromatic heterocycles. The number of fused-ring (bicyclic) bond motifs is 2. The van der Waals surface area contributed by atoms with Gasteiger partial charge in [0.1, 0.15) is 5.75 Å². The SMILES string of the molecule is CC(=O)c1ccc2c(c1)N(Cc1cccc3ccccc13)C(=O)C(C)(C)O2.